The predicted molar refractivity (Wildman–Crippen MR) is 237 cm³/mol. The molecule has 0 saturated carbocycles. The zero-order chi connectivity index (χ0) is 52.0. The highest BCUT2D eigenvalue weighted by atomic mass is 19.4. The molecular formula is C51H27F12NO8. The second-order valence-electron chi connectivity index (χ2n) is 16.2. The summed E-state index contributed by atoms with van der Waals surface area (Å²) in [5, 5.41) is -2.15. The van der Waals surface area contributed by atoms with Gasteiger partial charge in [-0.1, -0.05) is 30.3 Å². The minimum atomic E-state index is -5.39. The molecule has 0 unspecified atom stereocenters. The Hall–Kier alpha value is -8.36. The van der Waals surface area contributed by atoms with E-state index in [2.05, 4.69) is 0 Å². The normalized spacial score (nSPS) is 12.6. The van der Waals surface area contributed by atoms with E-state index in [1.54, 1.807) is 0 Å². The first-order valence-corrected chi connectivity index (χ1v) is 20.7. The molecule has 0 fully saturated rings. The highest BCUT2D eigenvalue weighted by molar-refractivity contribution is 6.32. The van der Waals surface area contributed by atoms with Crippen molar-refractivity contribution in [3.8, 4) is 45.2 Å². The number of nitrogens with zero attached hydrogens (tertiary/aromatic N) is 1. The van der Waals surface area contributed by atoms with Crippen LogP contribution in [0.5, 0.6) is 17.2 Å². The third kappa shape index (κ3) is 8.57. The molecule has 0 bridgehead atoms. The summed E-state index contributed by atoms with van der Waals surface area (Å²) in [5.74, 6) is -0.897. The maximum atomic E-state index is 14.8. The number of rotatable bonds is 9. The maximum Gasteiger partial charge on any atom is 0.416 e. The van der Waals surface area contributed by atoms with Gasteiger partial charge in [-0.25, -0.2) is 4.57 Å². The van der Waals surface area contributed by atoms with Gasteiger partial charge in [-0.15, -0.1) is 0 Å². The molecule has 21 heteroatoms. The van der Waals surface area contributed by atoms with Crippen molar-refractivity contribution in [1.82, 2.24) is 4.57 Å². The van der Waals surface area contributed by atoms with Gasteiger partial charge in [0.25, 0.3) is 11.1 Å². The summed E-state index contributed by atoms with van der Waals surface area (Å²) >= 11 is 0. The monoisotopic (exact) mass is 1010 g/mol. The first kappa shape index (κ1) is 48.7. The SMILES string of the molecule is COc1cc(OC(=O)Cc2ccc(-n3c(=O)c4cc(-c5cc(C(F)(F)F)cc(C(F)(F)F)c5)c5oc6ccccc6c6c(-c7cc(C(F)(F)F)cc(C(F)(F)F)c7)cc(c3=O)c4c56)cc2)cc(OC)c1C=O. The van der Waals surface area contributed by atoms with Gasteiger partial charge < -0.3 is 18.6 Å². The highest BCUT2D eigenvalue weighted by Gasteiger charge is 2.39. The molecule has 0 atom stereocenters. The summed E-state index contributed by atoms with van der Waals surface area (Å²) in [6, 6.07) is 15.8. The smallest absolute Gasteiger partial charge is 0.416 e. The molecule has 0 aliphatic carbocycles. The summed E-state index contributed by atoms with van der Waals surface area (Å²) < 4.78 is 195. The van der Waals surface area contributed by atoms with E-state index in [9.17, 15) is 71.9 Å². The van der Waals surface area contributed by atoms with Gasteiger partial charge >= 0.3 is 30.7 Å². The van der Waals surface area contributed by atoms with E-state index in [0.29, 0.717) is 35.1 Å². The van der Waals surface area contributed by atoms with Gasteiger partial charge in [0.15, 0.2) is 6.29 Å². The van der Waals surface area contributed by atoms with Crippen LogP contribution in [-0.2, 0) is 35.9 Å². The molecule has 0 spiro atoms. The van der Waals surface area contributed by atoms with Gasteiger partial charge in [-0.2, -0.15) is 52.7 Å². The fourth-order valence-electron chi connectivity index (χ4n) is 8.62. The first-order valence-electron chi connectivity index (χ1n) is 20.7. The molecule has 9 nitrogen and oxygen atoms in total. The fourth-order valence-corrected chi connectivity index (χ4v) is 8.62. The number of halogens is 12. The van der Waals surface area contributed by atoms with Crippen LogP contribution >= 0.6 is 0 Å². The Kier molecular flexibility index (Phi) is 11.6. The molecule has 0 radical (unpaired) electrons. The molecule has 0 amide bonds. The number of alkyl halides is 12. The minimum Gasteiger partial charge on any atom is -0.496 e. The lowest BCUT2D eigenvalue weighted by Crippen LogP contribution is -2.32. The number of ether oxygens (including phenoxy) is 3. The van der Waals surface area contributed by atoms with Crippen LogP contribution < -0.4 is 25.3 Å². The van der Waals surface area contributed by atoms with E-state index in [0.717, 1.165) is 12.1 Å². The molecule has 9 aromatic rings. The van der Waals surface area contributed by atoms with Crippen molar-refractivity contribution in [3.05, 3.63) is 163 Å². The molecule has 2 aromatic heterocycles. The molecule has 2 heterocycles. The predicted octanol–water partition coefficient (Wildman–Crippen LogP) is 13.2. The van der Waals surface area contributed by atoms with E-state index in [-0.39, 0.29) is 67.9 Å². The van der Waals surface area contributed by atoms with E-state index in [1.165, 1.54) is 74.9 Å². The topological polar surface area (TPSA) is 114 Å². The molecule has 368 valence electrons. The Balaban J connectivity index is 1.33. The minimum absolute atomic E-state index is 0.0209. The van der Waals surface area contributed by atoms with E-state index >= 15 is 0 Å². The van der Waals surface area contributed by atoms with Crippen LogP contribution in [0.15, 0.2) is 123 Å². The van der Waals surface area contributed by atoms with Crippen molar-refractivity contribution in [2.24, 2.45) is 0 Å². The fraction of sp³-hybridized carbons (Fsp3) is 0.137. The molecule has 0 aliphatic heterocycles. The van der Waals surface area contributed by atoms with Crippen molar-refractivity contribution in [3.63, 3.8) is 0 Å². The summed E-state index contributed by atoms with van der Waals surface area (Å²) in [7, 11) is 2.52. The van der Waals surface area contributed by atoms with E-state index < -0.39 is 114 Å². The highest BCUT2D eigenvalue weighted by Crippen LogP contribution is 2.49. The largest absolute Gasteiger partial charge is 0.496 e. The summed E-state index contributed by atoms with van der Waals surface area (Å²) in [4.78, 5) is 54.3. The Bertz CT molecular complexity index is 3690. The van der Waals surface area contributed by atoms with Crippen molar-refractivity contribution >= 4 is 55.7 Å². The lowest BCUT2D eigenvalue weighted by molar-refractivity contribution is -0.144. The Morgan fingerprint density at radius 3 is 1.51 bits per heavy atom. The Labute approximate surface area is 394 Å². The summed E-state index contributed by atoms with van der Waals surface area (Å²) in [6.07, 6.45) is -21.5. The number of aromatic nitrogens is 1. The number of carbonyl (C=O) groups is 2. The molecule has 9 rings (SSSR count). The van der Waals surface area contributed by atoms with Crippen LogP contribution in [0, 0.1) is 0 Å². The number of para-hydroxylation sites is 1. The van der Waals surface area contributed by atoms with E-state index in [4.69, 9.17) is 18.6 Å². The quantitative estimate of drug-likeness (QED) is 0.0351. The van der Waals surface area contributed by atoms with Gasteiger partial charge in [-0.05, 0) is 89.0 Å². The van der Waals surface area contributed by atoms with Crippen molar-refractivity contribution in [1.29, 1.82) is 0 Å². The third-order valence-electron chi connectivity index (χ3n) is 11.8. The van der Waals surface area contributed by atoms with Crippen molar-refractivity contribution in [2.45, 2.75) is 31.1 Å². The lowest BCUT2D eigenvalue weighted by Gasteiger charge is -2.21. The van der Waals surface area contributed by atoms with Gasteiger partial charge in [0, 0.05) is 50.0 Å². The zero-order valence-corrected chi connectivity index (χ0v) is 36.4. The Morgan fingerprint density at radius 2 is 1.04 bits per heavy atom. The first-order chi connectivity index (χ1) is 33.8. The molecule has 72 heavy (non-hydrogen) atoms. The van der Waals surface area contributed by atoms with Crippen molar-refractivity contribution < 1.29 is 80.9 Å². The zero-order valence-electron chi connectivity index (χ0n) is 36.4. The number of methoxy groups -OCH3 is 2. The average Bonchev–Trinajstić information content (AvgIpc) is 3.32. The number of pyridine rings is 1. The standard InChI is InChI=1S/C51H27F12NO8/c1-69-39-18-31(19-40(70-2)37(39)22-65)71-41(66)11-23-7-9-30(10-8-23)64-46(67)35-20-33(24-12-26(48(52,53)54)16-27(13-24)49(55,56)57)42-32-5-3-4-6-38(32)72-45-34(21-36(47(64)68)43(35)44(42)45)25-14-28(50(58,59)60)17-29(15-25)51(61,62)63/h3-10,12-22H,11H2,1-2H3. The number of aldehydes is 1. The average molecular weight is 1010 g/mol. The number of fused-ring (bicyclic) bond motifs is 2. The van der Waals surface area contributed by atoms with Gasteiger partial charge in [0.1, 0.15) is 28.4 Å². The molecule has 7 aromatic carbocycles. The summed E-state index contributed by atoms with van der Waals surface area (Å²) in [5.41, 5.74) is -13.0. The number of carbonyl (C=O) groups excluding carboxylic acids is 2. The number of hydrogen-bond donors (Lipinski definition) is 0. The molecule has 0 N–H and O–H groups in total. The van der Waals surface area contributed by atoms with Crippen LogP contribution in [0.1, 0.15) is 38.2 Å². The maximum absolute atomic E-state index is 14.8. The van der Waals surface area contributed by atoms with Gasteiger partial charge in [0.2, 0.25) is 0 Å². The number of hydrogen-bond acceptors (Lipinski definition) is 8. The van der Waals surface area contributed by atoms with Crippen LogP contribution in [0.25, 0.3) is 71.4 Å². The van der Waals surface area contributed by atoms with Crippen molar-refractivity contribution in [2.75, 3.05) is 14.2 Å². The molecule has 0 saturated heterocycles. The van der Waals surface area contributed by atoms with Crippen LogP contribution in [0.2, 0.25) is 0 Å². The summed E-state index contributed by atoms with van der Waals surface area (Å²) in [6.45, 7) is 0. The third-order valence-corrected chi connectivity index (χ3v) is 11.8. The second-order valence-corrected chi connectivity index (χ2v) is 16.2. The van der Waals surface area contributed by atoms with Crippen LogP contribution in [0.3, 0.4) is 0 Å². The molecule has 0 aliphatic rings. The molecular weight excluding hydrogens is 983 g/mol. The van der Waals surface area contributed by atoms with Crippen LogP contribution in [-0.4, -0.2) is 31.0 Å². The number of esters is 1. The van der Waals surface area contributed by atoms with Gasteiger partial charge in [-0.3, -0.25) is 19.2 Å². The van der Waals surface area contributed by atoms with E-state index in [1.807, 2.05) is 0 Å². The lowest BCUT2D eigenvalue weighted by atomic mass is 9.86. The van der Waals surface area contributed by atoms with Crippen LogP contribution in [0.4, 0.5) is 52.7 Å². The second kappa shape index (κ2) is 17.2. The Morgan fingerprint density at radius 1 is 0.569 bits per heavy atom. The van der Waals surface area contributed by atoms with Gasteiger partial charge in [0.05, 0.1) is 54.1 Å². The number of benzene rings is 7.